The molecule has 2 N–H and O–H groups in total. The van der Waals surface area contributed by atoms with Crippen LogP contribution in [0.2, 0.25) is 0 Å². The summed E-state index contributed by atoms with van der Waals surface area (Å²) in [5, 5.41) is 2.10. The van der Waals surface area contributed by atoms with Crippen molar-refractivity contribution < 1.29 is 4.79 Å². The fourth-order valence-electron chi connectivity index (χ4n) is 1.85. The number of fused-ring (bicyclic) bond motifs is 1. The van der Waals surface area contributed by atoms with Crippen LogP contribution in [0.4, 0.5) is 0 Å². The van der Waals surface area contributed by atoms with Crippen molar-refractivity contribution in [2.75, 3.05) is 6.54 Å². The normalized spacial score (nSPS) is 17.3. The average molecular weight is 224 g/mol. The molecule has 1 unspecified atom stereocenters. The lowest BCUT2D eigenvalue weighted by Crippen LogP contribution is -2.45. The Morgan fingerprint density at radius 2 is 2.53 bits per heavy atom. The van der Waals surface area contributed by atoms with E-state index in [1.165, 1.54) is 10.4 Å². The third-order valence-corrected chi connectivity index (χ3v) is 3.90. The summed E-state index contributed by atoms with van der Waals surface area (Å²) in [7, 11) is 0. The molecule has 3 nitrogen and oxygen atoms in total. The predicted octanol–water partition coefficient (Wildman–Crippen LogP) is 1.37. The van der Waals surface area contributed by atoms with Gasteiger partial charge in [0.2, 0.25) is 5.91 Å². The van der Waals surface area contributed by atoms with Crippen molar-refractivity contribution in [3.8, 4) is 0 Å². The summed E-state index contributed by atoms with van der Waals surface area (Å²) in [4.78, 5) is 15.2. The second kappa shape index (κ2) is 4.33. The maximum absolute atomic E-state index is 11.9. The molecule has 0 fully saturated rings. The number of nitrogens with zero attached hydrogens (tertiary/aromatic N) is 1. The minimum Gasteiger partial charge on any atom is -0.337 e. The number of nitrogens with two attached hydrogens (primary N) is 1. The maximum Gasteiger partial charge on any atom is 0.239 e. The average Bonchev–Trinajstić information content (AvgIpc) is 2.73. The molecule has 1 atom stereocenters. The Morgan fingerprint density at radius 3 is 3.27 bits per heavy atom. The van der Waals surface area contributed by atoms with Crippen molar-refractivity contribution in [2.45, 2.75) is 32.4 Å². The van der Waals surface area contributed by atoms with Crippen molar-refractivity contribution in [1.29, 1.82) is 0 Å². The fourth-order valence-corrected chi connectivity index (χ4v) is 2.74. The second-order valence-electron chi connectivity index (χ2n) is 3.89. The highest BCUT2D eigenvalue weighted by Gasteiger charge is 2.24. The van der Waals surface area contributed by atoms with E-state index in [9.17, 15) is 4.79 Å². The third kappa shape index (κ3) is 2.06. The van der Waals surface area contributed by atoms with E-state index >= 15 is 0 Å². The minimum atomic E-state index is -0.329. The standard InChI is InChI=1S/C11H16N2OS/c1-2-9(12)11(14)13-5-3-10-8(7-13)4-6-15-10/h4,6,9H,2-3,5,7,12H2,1H3. The van der Waals surface area contributed by atoms with Crippen molar-refractivity contribution in [1.82, 2.24) is 4.90 Å². The zero-order chi connectivity index (χ0) is 10.8. The highest BCUT2D eigenvalue weighted by molar-refractivity contribution is 7.10. The fraction of sp³-hybridized carbons (Fsp3) is 0.545. The lowest BCUT2D eigenvalue weighted by molar-refractivity contribution is -0.133. The van der Waals surface area contributed by atoms with Crippen molar-refractivity contribution in [3.05, 3.63) is 21.9 Å². The maximum atomic E-state index is 11.9. The van der Waals surface area contributed by atoms with E-state index in [-0.39, 0.29) is 11.9 Å². The number of carbonyl (C=O) groups is 1. The summed E-state index contributed by atoms with van der Waals surface area (Å²) >= 11 is 1.78. The van der Waals surface area contributed by atoms with Gasteiger partial charge in [-0.3, -0.25) is 4.79 Å². The Kier molecular flexibility index (Phi) is 3.07. The van der Waals surface area contributed by atoms with Gasteiger partial charge in [0.1, 0.15) is 0 Å². The van der Waals surface area contributed by atoms with Gasteiger partial charge < -0.3 is 10.6 Å². The molecule has 0 aromatic carbocycles. The largest absolute Gasteiger partial charge is 0.337 e. The Bertz CT molecular complexity index is 361. The van der Waals surface area contributed by atoms with Gasteiger partial charge in [0.05, 0.1) is 6.04 Å². The molecule has 0 spiro atoms. The Hall–Kier alpha value is -0.870. The Labute approximate surface area is 93.9 Å². The zero-order valence-corrected chi connectivity index (χ0v) is 9.72. The van der Waals surface area contributed by atoms with E-state index in [0.717, 1.165) is 19.5 Å². The second-order valence-corrected chi connectivity index (χ2v) is 4.89. The molecule has 0 aliphatic carbocycles. The first-order valence-electron chi connectivity index (χ1n) is 5.32. The van der Waals surface area contributed by atoms with E-state index in [1.807, 2.05) is 11.8 Å². The van der Waals surface area contributed by atoms with Crippen LogP contribution >= 0.6 is 11.3 Å². The molecular weight excluding hydrogens is 208 g/mol. The Balaban J connectivity index is 2.06. The molecule has 2 heterocycles. The van der Waals surface area contributed by atoms with Gasteiger partial charge in [-0.25, -0.2) is 0 Å². The Morgan fingerprint density at radius 1 is 1.73 bits per heavy atom. The molecule has 0 radical (unpaired) electrons. The molecule has 1 aromatic rings. The van der Waals surface area contributed by atoms with Crippen LogP contribution in [0.25, 0.3) is 0 Å². The molecule has 82 valence electrons. The molecule has 1 aliphatic heterocycles. The van der Waals surface area contributed by atoms with E-state index in [1.54, 1.807) is 11.3 Å². The van der Waals surface area contributed by atoms with Gasteiger partial charge in [0, 0.05) is 18.0 Å². The van der Waals surface area contributed by atoms with Crippen LogP contribution in [-0.4, -0.2) is 23.4 Å². The van der Waals surface area contributed by atoms with Gasteiger partial charge in [-0.05, 0) is 29.9 Å². The molecule has 0 bridgehead atoms. The summed E-state index contributed by atoms with van der Waals surface area (Å²) in [5.74, 6) is 0.0920. The van der Waals surface area contributed by atoms with E-state index in [2.05, 4.69) is 11.4 Å². The quantitative estimate of drug-likeness (QED) is 0.824. The SMILES string of the molecule is CCC(N)C(=O)N1CCc2sccc2C1. The smallest absolute Gasteiger partial charge is 0.239 e. The summed E-state index contributed by atoms with van der Waals surface area (Å²) in [6.07, 6.45) is 1.70. The van der Waals surface area contributed by atoms with Crippen LogP contribution in [0, 0.1) is 0 Å². The molecule has 1 aliphatic rings. The van der Waals surface area contributed by atoms with Crippen molar-refractivity contribution >= 4 is 17.2 Å². The van der Waals surface area contributed by atoms with Gasteiger partial charge >= 0.3 is 0 Å². The van der Waals surface area contributed by atoms with Gasteiger partial charge in [0.15, 0.2) is 0 Å². The number of hydrogen-bond acceptors (Lipinski definition) is 3. The highest BCUT2D eigenvalue weighted by Crippen LogP contribution is 2.24. The number of hydrogen-bond donors (Lipinski definition) is 1. The van der Waals surface area contributed by atoms with Crippen LogP contribution in [-0.2, 0) is 17.8 Å². The number of thiophene rings is 1. The first-order chi connectivity index (χ1) is 7.22. The number of amides is 1. The summed E-state index contributed by atoms with van der Waals surface area (Å²) in [6, 6.07) is 1.78. The topological polar surface area (TPSA) is 46.3 Å². The molecule has 0 saturated carbocycles. The number of rotatable bonds is 2. The van der Waals surface area contributed by atoms with Gasteiger partial charge in [-0.2, -0.15) is 0 Å². The molecule has 1 aromatic heterocycles. The minimum absolute atomic E-state index is 0.0920. The van der Waals surface area contributed by atoms with Crippen LogP contribution in [0.5, 0.6) is 0 Å². The monoisotopic (exact) mass is 224 g/mol. The molecule has 2 rings (SSSR count). The van der Waals surface area contributed by atoms with E-state index in [4.69, 9.17) is 5.73 Å². The molecule has 15 heavy (non-hydrogen) atoms. The molecule has 0 saturated heterocycles. The zero-order valence-electron chi connectivity index (χ0n) is 8.90. The van der Waals surface area contributed by atoms with Crippen LogP contribution < -0.4 is 5.73 Å². The summed E-state index contributed by atoms with van der Waals surface area (Å²) < 4.78 is 0. The summed E-state index contributed by atoms with van der Waals surface area (Å²) in [5.41, 5.74) is 7.05. The van der Waals surface area contributed by atoms with E-state index in [0.29, 0.717) is 6.42 Å². The van der Waals surface area contributed by atoms with Gasteiger partial charge in [-0.15, -0.1) is 11.3 Å². The van der Waals surface area contributed by atoms with Crippen LogP contribution in [0.3, 0.4) is 0 Å². The molecule has 4 heteroatoms. The molecular formula is C11H16N2OS. The van der Waals surface area contributed by atoms with Crippen LogP contribution in [0.15, 0.2) is 11.4 Å². The first-order valence-corrected chi connectivity index (χ1v) is 6.20. The van der Waals surface area contributed by atoms with Gasteiger partial charge in [-0.1, -0.05) is 6.92 Å². The first kappa shape index (κ1) is 10.6. The van der Waals surface area contributed by atoms with Crippen molar-refractivity contribution in [2.24, 2.45) is 5.73 Å². The summed E-state index contributed by atoms with van der Waals surface area (Å²) in [6.45, 7) is 3.51. The third-order valence-electron chi connectivity index (χ3n) is 2.88. The van der Waals surface area contributed by atoms with E-state index < -0.39 is 0 Å². The van der Waals surface area contributed by atoms with Crippen molar-refractivity contribution in [3.63, 3.8) is 0 Å². The number of carbonyl (C=O) groups excluding carboxylic acids is 1. The lowest BCUT2D eigenvalue weighted by Gasteiger charge is -2.29. The lowest BCUT2D eigenvalue weighted by atomic mass is 10.1. The molecule has 1 amide bonds. The van der Waals surface area contributed by atoms with Crippen LogP contribution in [0.1, 0.15) is 23.8 Å². The highest BCUT2D eigenvalue weighted by atomic mass is 32.1. The van der Waals surface area contributed by atoms with Gasteiger partial charge in [0.25, 0.3) is 0 Å². The predicted molar refractivity (Wildman–Crippen MR) is 61.7 cm³/mol.